The topological polar surface area (TPSA) is 3.24 Å². The first-order chi connectivity index (χ1) is 9.42. The van der Waals surface area contributed by atoms with Gasteiger partial charge in [0.25, 0.3) is 0 Å². The number of anilines is 1. The van der Waals surface area contributed by atoms with Crippen LogP contribution in [0.3, 0.4) is 0 Å². The van der Waals surface area contributed by atoms with Crippen molar-refractivity contribution in [1.82, 2.24) is 0 Å². The van der Waals surface area contributed by atoms with Gasteiger partial charge in [0.15, 0.2) is 0 Å². The Hall–Kier alpha value is -1.76. The van der Waals surface area contributed by atoms with Crippen molar-refractivity contribution in [2.75, 3.05) is 18.0 Å². The Morgan fingerprint density at radius 3 is 2.32 bits per heavy atom. The average molecular weight is 249 g/mol. The molecule has 0 radical (unpaired) electrons. The largest absolute Gasteiger partial charge is 0.372 e. The van der Waals surface area contributed by atoms with E-state index >= 15 is 0 Å². The molecule has 0 unspecified atom stereocenters. The van der Waals surface area contributed by atoms with Crippen molar-refractivity contribution in [2.24, 2.45) is 0 Å². The zero-order valence-electron chi connectivity index (χ0n) is 11.2. The first-order valence-electron chi connectivity index (χ1n) is 7.38. The summed E-state index contributed by atoms with van der Waals surface area (Å²) in [7, 11) is 0. The smallest absolute Gasteiger partial charge is 0.0372 e. The molecule has 2 aliphatic rings. The predicted molar refractivity (Wildman–Crippen MR) is 80.7 cm³/mol. The molecule has 0 atom stereocenters. The summed E-state index contributed by atoms with van der Waals surface area (Å²) in [5.74, 6) is 0. The molecule has 1 heteroatoms. The molecule has 4 rings (SSSR count). The number of aryl methyl sites for hydroxylation is 2. The molecule has 1 nitrogen and oxygen atoms in total. The van der Waals surface area contributed by atoms with E-state index < -0.39 is 0 Å². The van der Waals surface area contributed by atoms with Crippen LogP contribution >= 0.6 is 0 Å². The van der Waals surface area contributed by atoms with Gasteiger partial charge in [-0.3, -0.25) is 0 Å². The van der Waals surface area contributed by atoms with Crippen molar-refractivity contribution in [3.63, 3.8) is 0 Å². The molecule has 0 saturated carbocycles. The van der Waals surface area contributed by atoms with E-state index in [-0.39, 0.29) is 0 Å². The van der Waals surface area contributed by atoms with Gasteiger partial charge in [-0.2, -0.15) is 0 Å². The van der Waals surface area contributed by atoms with Crippen molar-refractivity contribution >= 4 is 5.69 Å². The first-order valence-corrected chi connectivity index (χ1v) is 7.38. The van der Waals surface area contributed by atoms with Crippen LogP contribution in [0.4, 0.5) is 5.69 Å². The fourth-order valence-corrected chi connectivity index (χ4v) is 3.48. The minimum atomic E-state index is 1.19. The van der Waals surface area contributed by atoms with Gasteiger partial charge in [-0.1, -0.05) is 30.3 Å². The van der Waals surface area contributed by atoms with Crippen LogP contribution < -0.4 is 4.90 Å². The van der Waals surface area contributed by atoms with Crippen molar-refractivity contribution < 1.29 is 0 Å². The van der Waals surface area contributed by atoms with E-state index in [1.165, 1.54) is 66.7 Å². The minimum Gasteiger partial charge on any atom is -0.372 e. The van der Waals surface area contributed by atoms with Gasteiger partial charge in [0.1, 0.15) is 0 Å². The number of hydrogen-bond donors (Lipinski definition) is 0. The van der Waals surface area contributed by atoms with Crippen LogP contribution in [0.25, 0.3) is 11.1 Å². The summed E-state index contributed by atoms with van der Waals surface area (Å²) in [6.45, 7) is 2.45. The molecule has 1 heterocycles. The van der Waals surface area contributed by atoms with Gasteiger partial charge < -0.3 is 4.90 Å². The molecular weight excluding hydrogens is 230 g/mol. The number of benzene rings is 2. The van der Waals surface area contributed by atoms with E-state index in [1.807, 2.05) is 0 Å². The number of hydrogen-bond acceptors (Lipinski definition) is 1. The molecule has 0 spiro atoms. The normalized spacial score (nSPS) is 17.2. The quantitative estimate of drug-likeness (QED) is 0.737. The second-order valence-corrected chi connectivity index (χ2v) is 5.69. The molecular formula is C18H19N. The Kier molecular flexibility index (Phi) is 2.58. The van der Waals surface area contributed by atoms with E-state index in [4.69, 9.17) is 0 Å². The lowest BCUT2D eigenvalue weighted by Gasteiger charge is -2.24. The van der Waals surface area contributed by atoms with E-state index in [1.54, 1.807) is 0 Å². The molecule has 1 aliphatic carbocycles. The van der Waals surface area contributed by atoms with Crippen molar-refractivity contribution in [1.29, 1.82) is 0 Å². The Morgan fingerprint density at radius 1 is 0.737 bits per heavy atom. The highest BCUT2D eigenvalue weighted by atomic mass is 15.1. The van der Waals surface area contributed by atoms with E-state index in [9.17, 15) is 0 Å². The highest BCUT2D eigenvalue weighted by molar-refractivity contribution is 5.76. The van der Waals surface area contributed by atoms with Crippen LogP contribution in [-0.2, 0) is 12.8 Å². The molecule has 2 aromatic rings. The Labute approximate surface area is 114 Å². The summed E-state index contributed by atoms with van der Waals surface area (Å²) in [6.07, 6.45) is 5.06. The van der Waals surface area contributed by atoms with Crippen LogP contribution in [0.1, 0.15) is 24.0 Å². The maximum Gasteiger partial charge on any atom is 0.0372 e. The second-order valence-electron chi connectivity index (χ2n) is 5.69. The lowest BCUT2D eigenvalue weighted by Crippen LogP contribution is -2.18. The third kappa shape index (κ3) is 1.85. The molecule has 0 bridgehead atoms. The summed E-state index contributed by atoms with van der Waals surface area (Å²) >= 11 is 0. The predicted octanol–water partition coefficient (Wildman–Crippen LogP) is 4.05. The lowest BCUT2D eigenvalue weighted by molar-refractivity contribution is 0.933. The molecule has 19 heavy (non-hydrogen) atoms. The number of fused-ring (bicyclic) bond motifs is 3. The van der Waals surface area contributed by atoms with Gasteiger partial charge in [0, 0.05) is 18.8 Å². The Morgan fingerprint density at radius 2 is 1.47 bits per heavy atom. The van der Waals surface area contributed by atoms with Gasteiger partial charge in [-0.25, -0.2) is 0 Å². The van der Waals surface area contributed by atoms with Gasteiger partial charge in [-0.05, 0) is 60.1 Å². The van der Waals surface area contributed by atoms with E-state index in [2.05, 4.69) is 47.4 Å². The Balaban J connectivity index is 1.82. The first kappa shape index (κ1) is 11.1. The van der Waals surface area contributed by atoms with Crippen LogP contribution in [0.2, 0.25) is 0 Å². The second kappa shape index (κ2) is 4.41. The van der Waals surface area contributed by atoms with Crippen molar-refractivity contribution in [3.8, 4) is 11.1 Å². The van der Waals surface area contributed by atoms with Crippen molar-refractivity contribution in [3.05, 3.63) is 53.6 Å². The fourth-order valence-electron chi connectivity index (χ4n) is 3.48. The van der Waals surface area contributed by atoms with Gasteiger partial charge in [-0.15, -0.1) is 0 Å². The molecule has 0 aromatic heterocycles. The number of nitrogens with zero attached hydrogens (tertiary/aromatic N) is 1. The zero-order chi connectivity index (χ0) is 12.7. The standard InChI is InChI=1S/C18H19N/c1-2-6-17-14(5-1)7-8-15-9-10-16(13-18(15)17)19-11-3-4-12-19/h1-2,5-6,9-10,13H,3-4,7-8,11-12H2. The van der Waals surface area contributed by atoms with Crippen molar-refractivity contribution in [2.45, 2.75) is 25.7 Å². The summed E-state index contributed by atoms with van der Waals surface area (Å²) in [4.78, 5) is 2.53. The summed E-state index contributed by atoms with van der Waals surface area (Å²) in [5.41, 5.74) is 7.35. The van der Waals surface area contributed by atoms with Gasteiger partial charge in [0.05, 0.1) is 0 Å². The van der Waals surface area contributed by atoms with Gasteiger partial charge >= 0.3 is 0 Å². The molecule has 1 fully saturated rings. The molecule has 0 N–H and O–H groups in total. The zero-order valence-corrected chi connectivity index (χ0v) is 11.2. The third-order valence-electron chi connectivity index (χ3n) is 4.54. The summed E-state index contributed by atoms with van der Waals surface area (Å²) in [6, 6.07) is 16.0. The van der Waals surface area contributed by atoms with Gasteiger partial charge in [0.2, 0.25) is 0 Å². The summed E-state index contributed by atoms with van der Waals surface area (Å²) < 4.78 is 0. The van der Waals surface area contributed by atoms with Crippen LogP contribution in [0.5, 0.6) is 0 Å². The van der Waals surface area contributed by atoms with Crippen LogP contribution in [0, 0.1) is 0 Å². The Bertz CT molecular complexity index is 609. The van der Waals surface area contributed by atoms with Crippen LogP contribution in [-0.4, -0.2) is 13.1 Å². The fraction of sp³-hybridized carbons (Fsp3) is 0.333. The maximum atomic E-state index is 2.53. The molecule has 96 valence electrons. The average Bonchev–Trinajstić information content (AvgIpc) is 3.01. The monoisotopic (exact) mass is 249 g/mol. The highest BCUT2D eigenvalue weighted by Gasteiger charge is 2.18. The number of rotatable bonds is 1. The molecule has 1 aliphatic heterocycles. The molecule has 0 amide bonds. The van der Waals surface area contributed by atoms with E-state index in [0.717, 1.165) is 0 Å². The summed E-state index contributed by atoms with van der Waals surface area (Å²) in [5, 5.41) is 0. The lowest BCUT2D eigenvalue weighted by atomic mass is 9.85. The van der Waals surface area contributed by atoms with E-state index in [0.29, 0.717) is 0 Å². The highest BCUT2D eigenvalue weighted by Crippen LogP contribution is 2.36. The van der Waals surface area contributed by atoms with Crippen LogP contribution in [0.15, 0.2) is 42.5 Å². The SMILES string of the molecule is c1ccc2c(c1)CCc1ccc(N3CCCC3)cc1-2. The third-order valence-corrected chi connectivity index (χ3v) is 4.54. The maximum absolute atomic E-state index is 2.53. The molecule has 1 saturated heterocycles. The minimum absolute atomic E-state index is 1.19. The molecule has 2 aromatic carbocycles.